The van der Waals surface area contributed by atoms with Crippen molar-refractivity contribution in [3.63, 3.8) is 0 Å². The Morgan fingerprint density at radius 2 is 2.04 bits per heavy atom. The maximum atomic E-state index is 11.4. The second kappa shape index (κ2) is 7.80. The Labute approximate surface area is 160 Å². The number of rotatable bonds is 6. The maximum Gasteiger partial charge on any atom is 0.219 e. The SMILES string of the molecule is CN(C)C(CC(N)=O)c1ccc2ncnc(Nc3cccc(Br)c3)c2c1. The topological polar surface area (TPSA) is 84.1 Å². The fourth-order valence-corrected chi connectivity index (χ4v) is 3.27. The van der Waals surface area contributed by atoms with E-state index >= 15 is 0 Å². The third-order valence-electron chi connectivity index (χ3n) is 4.15. The van der Waals surface area contributed by atoms with Gasteiger partial charge in [-0.1, -0.05) is 28.1 Å². The fourth-order valence-electron chi connectivity index (χ4n) is 2.87. The van der Waals surface area contributed by atoms with Crippen LogP contribution in [-0.4, -0.2) is 34.9 Å². The van der Waals surface area contributed by atoms with Crippen LogP contribution >= 0.6 is 15.9 Å². The van der Waals surface area contributed by atoms with Crippen LogP contribution in [0.15, 0.2) is 53.3 Å². The van der Waals surface area contributed by atoms with E-state index in [0.29, 0.717) is 5.82 Å². The summed E-state index contributed by atoms with van der Waals surface area (Å²) in [7, 11) is 3.86. The molecule has 0 radical (unpaired) electrons. The molecule has 1 heterocycles. The highest BCUT2D eigenvalue weighted by molar-refractivity contribution is 9.10. The van der Waals surface area contributed by atoms with Crippen molar-refractivity contribution in [2.75, 3.05) is 19.4 Å². The molecule has 3 N–H and O–H groups in total. The lowest BCUT2D eigenvalue weighted by atomic mass is 10.0. The largest absolute Gasteiger partial charge is 0.370 e. The Bertz CT molecular complexity index is 944. The summed E-state index contributed by atoms with van der Waals surface area (Å²) in [5.74, 6) is 0.382. The van der Waals surface area contributed by atoms with Gasteiger partial charge in [-0.05, 0) is 50.0 Å². The van der Waals surface area contributed by atoms with E-state index in [9.17, 15) is 4.79 Å². The molecule has 0 fully saturated rings. The highest BCUT2D eigenvalue weighted by atomic mass is 79.9. The standard InChI is InChI=1S/C19H20BrN5O/c1-25(2)17(10-18(21)26)12-6-7-16-15(8-12)19(23-11-22-16)24-14-5-3-4-13(20)9-14/h3-9,11,17H,10H2,1-2H3,(H2,21,26)(H,22,23,24). The minimum atomic E-state index is -0.333. The quantitative estimate of drug-likeness (QED) is 0.644. The molecule has 7 heteroatoms. The van der Waals surface area contributed by atoms with Gasteiger partial charge >= 0.3 is 0 Å². The molecule has 0 saturated heterocycles. The highest BCUT2D eigenvalue weighted by Gasteiger charge is 2.18. The first-order chi connectivity index (χ1) is 12.4. The summed E-state index contributed by atoms with van der Waals surface area (Å²) in [5, 5.41) is 4.23. The zero-order valence-electron chi connectivity index (χ0n) is 14.6. The number of anilines is 2. The number of primary amides is 1. The Hall–Kier alpha value is -2.51. The lowest BCUT2D eigenvalue weighted by Crippen LogP contribution is -2.25. The van der Waals surface area contributed by atoms with E-state index in [-0.39, 0.29) is 18.4 Å². The van der Waals surface area contributed by atoms with Crippen LogP contribution in [0.25, 0.3) is 10.9 Å². The van der Waals surface area contributed by atoms with Crippen LogP contribution in [-0.2, 0) is 4.79 Å². The van der Waals surface area contributed by atoms with E-state index in [1.54, 1.807) is 0 Å². The predicted molar refractivity (Wildman–Crippen MR) is 107 cm³/mol. The highest BCUT2D eigenvalue weighted by Crippen LogP contribution is 2.29. The van der Waals surface area contributed by atoms with E-state index in [2.05, 4.69) is 31.2 Å². The number of halogens is 1. The maximum absolute atomic E-state index is 11.4. The summed E-state index contributed by atoms with van der Waals surface area (Å²) in [6.07, 6.45) is 1.79. The fraction of sp³-hybridized carbons (Fsp3) is 0.211. The van der Waals surface area contributed by atoms with Gasteiger partial charge in [-0.15, -0.1) is 0 Å². The van der Waals surface area contributed by atoms with Crippen molar-refractivity contribution < 1.29 is 4.79 Å². The molecule has 1 unspecified atom stereocenters. The Morgan fingerprint density at radius 1 is 1.23 bits per heavy atom. The molecule has 3 aromatic rings. The molecule has 3 rings (SSSR count). The molecular weight excluding hydrogens is 394 g/mol. The van der Waals surface area contributed by atoms with E-state index in [1.165, 1.54) is 6.33 Å². The Kier molecular flexibility index (Phi) is 5.49. The normalized spacial score (nSPS) is 12.3. The smallest absolute Gasteiger partial charge is 0.219 e. The van der Waals surface area contributed by atoms with Gasteiger partial charge in [0, 0.05) is 28.0 Å². The van der Waals surface area contributed by atoms with Gasteiger partial charge in [0.15, 0.2) is 0 Å². The first kappa shape index (κ1) is 18.3. The first-order valence-electron chi connectivity index (χ1n) is 8.16. The number of fused-ring (bicyclic) bond motifs is 1. The van der Waals surface area contributed by atoms with Gasteiger partial charge in [-0.2, -0.15) is 0 Å². The second-order valence-corrected chi connectivity index (χ2v) is 7.20. The third-order valence-corrected chi connectivity index (χ3v) is 4.64. The van der Waals surface area contributed by atoms with Crippen LogP contribution in [0, 0.1) is 0 Å². The number of nitrogens with two attached hydrogens (primary N) is 1. The Balaban J connectivity index is 2.03. The molecular formula is C19H20BrN5O. The molecule has 2 aromatic carbocycles. The van der Waals surface area contributed by atoms with Crippen molar-refractivity contribution in [2.24, 2.45) is 5.73 Å². The summed E-state index contributed by atoms with van der Waals surface area (Å²) < 4.78 is 0.982. The molecule has 0 saturated carbocycles. The summed E-state index contributed by atoms with van der Waals surface area (Å²) in [6, 6.07) is 13.7. The number of nitrogens with zero attached hydrogens (tertiary/aromatic N) is 3. The van der Waals surface area contributed by atoms with Crippen molar-refractivity contribution in [1.82, 2.24) is 14.9 Å². The molecule has 0 aliphatic carbocycles. The summed E-state index contributed by atoms with van der Waals surface area (Å²) in [5.41, 5.74) is 8.17. The van der Waals surface area contributed by atoms with E-state index in [1.807, 2.05) is 61.5 Å². The number of amides is 1. The van der Waals surface area contributed by atoms with E-state index in [0.717, 1.165) is 26.6 Å². The van der Waals surface area contributed by atoms with Crippen molar-refractivity contribution in [3.8, 4) is 0 Å². The van der Waals surface area contributed by atoms with E-state index < -0.39 is 0 Å². The molecule has 26 heavy (non-hydrogen) atoms. The molecule has 1 aromatic heterocycles. The van der Waals surface area contributed by atoms with Crippen LogP contribution in [0.4, 0.5) is 11.5 Å². The van der Waals surface area contributed by atoms with Gasteiger partial charge < -0.3 is 16.0 Å². The van der Waals surface area contributed by atoms with Crippen LogP contribution in [0.5, 0.6) is 0 Å². The molecule has 1 amide bonds. The number of nitrogens with one attached hydrogen (secondary N) is 1. The van der Waals surface area contributed by atoms with Crippen molar-refractivity contribution in [2.45, 2.75) is 12.5 Å². The van der Waals surface area contributed by atoms with Crippen LogP contribution < -0.4 is 11.1 Å². The van der Waals surface area contributed by atoms with Gasteiger partial charge in [-0.25, -0.2) is 9.97 Å². The zero-order chi connectivity index (χ0) is 18.7. The summed E-state index contributed by atoms with van der Waals surface area (Å²) >= 11 is 3.47. The zero-order valence-corrected chi connectivity index (χ0v) is 16.2. The number of hydrogen-bond donors (Lipinski definition) is 2. The number of benzene rings is 2. The molecule has 1 atom stereocenters. The third kappa shape index (κ3) is 4.17. The monoisotopic (exact) mass is 413 g/mol. The van der Waals surface area contributed by atoms with Crippen LogP contribution in [0.3, 0.4) is 0 Å². The van der Waals surface area contributed by atoms with Crippen LogP contribution in [0.2, 0.25) is 0 Å². The Morgan fingerprint density at radius 3 is 2.73 bits per heavy atom. The predicted octanol–water partition coefficient (Wildman–Crippen LogP) is 3.61. The average Bonchev–Trinajstić information content (AvgIpc) is 2.59. The van der Waals surface area contributed by atoms with Gasteiger partial charge in [0.2, 0.25) is 5.91 Å². The lowest BCUT2D eigenvalue weighted by Gasteiger charge is -2.24. The number of hydrogen-bond acceptors (Lipinski definition) is 5. The van der Waals surface area contributed by atoms with Crippen LogP contribution in [0.1, 0.15) is 18.0 Å². The van der Waals surface area contributed by atoms with Gasteiger partial charge in [-0.3, -0.25) is 4.79 Å². The summed E-state index contributed by atoms with van der Waals surface area (Å²) in [6.45, 7) is 0. The molecule has 0 aliphatic heterocycles. The van der Waals surface area contributed by atoms with Gasteiger partial charge in [0.1, 0.15) is 12.1 Å². The molecule has 0 spiro atoms. The van der Waals surface area contributed by atoms with E-state index in [4.69, 9.17) is 5.73 Å². The van der Waals surface area contributed by atoms with Gasteiger partial charge in [0.05, 0.1) is 5.52 Å². The summed E-state index contributed by atoms with van der Waals surface area (Å²) in [4.78, 5) is 22.2. The molecule has 0 aliphatic rings. The number of carbonyl (C=O) groups excluding carboxylic acids is 1. The average molecular weight is 414 g/mol. The molecule has 134 valence electrons. The van der Waals surface area contributed by atoms with Crippen molar-refractivity contribution in [3.05, 3.63) is 58.8 Å². The minimum Gasteiger partial charge on any atom is -0.370 e. The second-order valence-electron chi connectivity index (χ2n) is 6.28. The minimum absolute atomic E-state index is 0.101. The number of aromatic nitrogens is 2. The molecule has 6 nitrogen and oxygen atoms in total. The molecule has 0 bridgehead atoms. The lowest BCUT2D eigenvalue weighted by molar-refractivity contribution is -0.119. The number of carbonyl (C=O) groups is 1. The first-order valence-corrected chi connectivity index (χ1v) is 8.95. The van der Waals surface area contributed by atoms with Crippen molar-refractivity contribution >= 4 is 44.2 Å². The van der Waals surface area contributed by atoms with Gasteiger partial charge in [0.25, 0.3) is 0 Å². The van der Waals surface area contributed by atoms with Crippen molar-refractivity contribution in [1.29, 1.82) is 0 Å².